The van der Waals surface area contributed by atoms with E-state index in [4.69, 9.17) is 0 Å². The first-order valence-electron chi connectivity index (χ1n) is 4.92. The number of hydrogen-bond acceptors (Lipinski definition) is 2. The minimum atomic E-state index is 0.0456. The van der Waals surface area contributed by atoms with Gasteiger partial charge in [-0.25, -0.2) is 0 Å². The minimum Gasteiger partial charge on any atom is -0.346 e. The summed E-state index contributed by atoms with van der Waals surface area (Å²) in [5, 5.41) is 0. The van der Waals surface area contributed by atoms with Crippen LogP contribution in [0.3, 0.4) is 0 Å². The average Bonchev–Trinajstić information content (AvgIpc) is 2.14. The summed E-state index contributed by atoms with van der Waals surface area (Å²) < 4.78 is 0. The maximum absolute atomic E-state index is 11.4. The van der Waals surface area contributed by atoms with Crippen LogP contribution in [0.25, 0.3) is 0 Å². The van der Waals surface area contributed by atoms with Crippen LogP contribution in [0, 0.1) is 0 Å². The first-order valence-corrected chi connectivity index (χ1v) is 4.92. The molecule has 0 aromatic rings. The predicted molar refractivity (Wildman–Crippen MR) is 57.0 cm³/mol. The van der Waals surface area contributed by atoms with Crippen LogP contribution in [0.15, 0.2) is 12.7 Å². The van der Waals surface area contributed by atoms with Crippen LogP contribution >= 0.6 is 0 Å². The van der Waals surface area contributed by atoms with Gasteiger partial charge in [-0.05, 0) is 19.8 Å². The predicted octanol–water partition coefficient (Wildman–Crippen LogP) is 1.78. The zero-order valence-corrected chi connectivity index (χ0v) is 9.08. The van der Waals surface area contributed by atoms with E-state index in [0.29, 0.717) is 12.8 Å². The molecule has 0 saturated heterocycles. The lowest BCUT2D eigenvalue weighted by molar-refractivity contribution is -0.131. The Hall–Kier alpha value is -1.12. The van der Waals surface area contributed by atoms with Crippen molar-refractivity contribution in [1.29, 1.82) is 0 Å². The highest BCUT2D eigenvalue weighted by atomic mass is 16.2. The van der Waals surface area contributed by atoms with Crippen molar-refractivity contribution in [3.05, 3.63) is 12.7 Å². The molecule has 0 fully saturated rings. The van der Waals surface area contributed by atoms with E-state index in [-0.39, 0.29) is 11.7 Å². The Balaban J connectivity index is 3.64. The van der Waals surface area contributed by atoms with Gasteiger partial charge in [0.2, 0.25) is 5.91 Å². The summed E-state index contributed by atoms with van der Waals surface area (Å²) in [6, 6.07) is 0. The van der Waals surface area contributed by atoms with E-state index in [2.05, 4.69) is 6.58 Å². The maximum Gasteiger partial charge on any atom is 0.222 e. The number of ketones is 1. The zero-order valence-electron chi connectivity index (χ0n) is 9.08. The molecule has 0 unspecified atom stereocenters. The van der Waals surface area contributed by atoms with Crippen LogP contribution in [0.4, 0.5) is 0 Å². The Morgan fingerprint density at radius 1 is 1.36 bits per heavy atom. The number of rotatable bonds is 7. The highest BCUT2D eigenvalue weighted by Crippen LogP contribution is 1.99. The normalized spacial score (nSPS) is 9.57. The van der Waals surface area contributed by atoms with Crippen LogP contribution in [0.1, 0.15) is 32.6 Å². The molecule has 1 amide bonds. The molecule has 0 aliphatic heterocycles. The summed E-state index contributed by atoms with van der Waals surface area (Å²) in [5.41, 5.74) is 0. The second kappa shape index (κ2) is 7.30. The van der Waals surface area contributed by atoms with Gasteiger partial charge in [0.15, 0.2) is 0 Å². The molecule has 0 aromatic heterocycles. The van der Waals surface area contributed by atoms with Gasteiger partial charge in [0.25, 0.3) is 0 Å². The molecule has 0 saturated carbocycles. The molecule has 3 heteroatoms. The van der Waals surface area contributed by atoms with Gasteiger partial charge in [-0.1, -0.05) is 6.08 Å². The zero-order chi connectivity index (χ0) is 11.0. The molecule has 0 aliphatic rings. The quantitative estimate of drug-likeness (QED) is 0.461. The molecule has 0 heterocycles. The molecular weight excluding hydrogens is 178 g/mol. The third kappa shape index (κ3) is 6.40. The van der Waals surface area contributed by atoms with E-state index in [0.717, 1.165) is 19.4 Å². The topological polar surface area (TPSA) is 37.4 Å². The molecule has 0 N–H and O–H groups in total. The summed E-state index contributed by atoms with van der Waals surface area (Å²) in [5.74, 6) is 0.113. The van der Waals surface area contributed by atoms with Crippen molar-refractivity contribution in [2.75, 3.05) is 13.6 Å². The number of amides is 1. The van der Waals surface area contributed by atoms with E-state index in [1.54, 1.807) is 11.9 Å². The van der Waals surface area contributed by atoms with Gasteiger partial charge >= 0.3 is 0 Å². The lowest BCUT2D eigenvalue weighted by Gasteiger charge is -2.16. The largest absolute Gasteiger partial charge is 0.346 e. The van der Waals surface area contributed by atoms with E-state index >= 15 is 0 Å². The van der Waals surface area contributed by atoms with Crippen LogP contribution < -0.4 is 0 Å². The molecule has 0 spiro atoms. The molecule has 14 heavy (non-hydrogen) atoms. The van der Waals surface area contributed by atoms with Gasteiger partial charge < -0.3 is 9.69 Å². The van der Waals surface area contributed by atoms with Crippen molar-refractivity contribution in [2.45, 2.75) is 32.6 Å². The second-order valence-electron chi connectivity index (χ2n) is 3.45. The van der Waals surface area contributed by atoms with Crippen LogP contribution in [0.5, 0.6) is 0 Å². The van der Waals surface area contributed by atoms with Crippen molar-refractivity contribution in [3.63, 3.8) is 0 Å². The highest BCUT2D eigenvalue weighted by molar-refractivity contribution is 5.83. The first-order chi connectivity index (χ1) is 6.57. The van der Waals surface area contributed by atoms with Crippen molar-refractivity contribution < 1.29 is 9.59 Å². The number of Topliss-reactive ketones (excluding diaryl/α,β-unsaturated/α-hetero) is 1. The van der Waals surface area contributed by atoms with E-state index in [9.17, 15) is 9.59 Å². The third-order valence-electron chi connectivity index (χ3n) is 2.02. The molecule has 3 nitrogen and oxygen atoms in total. The molecule has 0 aromatic carbocycles. The number of carbonyl (C=O) groups excluding carboxylic acids is 2. The van der Waals surface area contributed by atoms with Crippen molar-refractivity contribution in [2.24, 2.45) is 0 Å². The molecule has 0 bridgehead atoms. The molecule has 0 radical (unpaired) electrons. The monoisotopic (exact) mass is 197 g/mol. The number of hydrogen-bond donors (Lipinski definition) is 0. The lowest BCUT2D eigenvalue weighted by atomic mass is 10.2. The first kappa shape index (κ1) is 12.9. The van der Waals surface area contributed by atoms with Crippen LogP contribution in [-0.2, 0) is 9.59 Å². The average molecular weight is 197 g/mol. The Labute approximate surface area is 85.8 Å². The lowest BCUT2D eigenvalue weighted by Crippen LogP contribution is -2.27. The minimum absolute atomic E-state index is 0.0456. The summed E-state index contributed by atoms with van der Waals surface area (Å²) in [6.07, 6.45) is 4.38. The van der Waals surface area contributed by atoms with Crippen LogP contribution in [0.2, 0.25) is 0 Å². The van der Waals surface area contributed by atoms with E-state index in [1.807, 2.05) is 6.08 Å². The standard InChI is InChI=1S/C11H19NO2/c1-4-5-6-9-12(3)11(14)8-7-10(2)13/h4H,1,5-9H2,2-3H3. The Bertz CT molecular complexity index is 211. The number of nitrogens with zero attached hydrogens (tertiary/aromatic N) is 1. The summed E-state index contributed by atoms with van der Waals surface area (Å²) in [6.45, 7) is 5.86. The van der Waals surface area contributed by atoms with Gasteiger partial charge in [-0.15, -0.1) is 6.58 Å². The van der Waals surface area contributed by atoms with Gasteiger partial charge in [-0.2, -0.15) is 0 Å². The number of unbranched alkanes of at least 4 members (excludes halogenated alkanes) is 1. The Morgan fingerprint density at radius 2 is 2.00 bits per heavy atom. The van der Waals surface area contributed by atoms with Crippen LogP contribution in [-0.4, -0.2) is 30.2 Å². The smallest absolute Gasteiger partial charge is 0.222 e. The fourth-order valence-electron chi connectivity index (χ4n) is 1.07. The molecule has 80 valence electrons. The van der Waals surface area contributed by atoms with Gasteiger partial charge in [0, 0.05) is 26.4 Å². The Kier molecular flexibility index (Phi) is 6.72. The molecular formula is C11H19NO2. The number of allylic oxidation sites excluding steroid dienone is 1. The highest BCUT2D eigenvalue weighted by Gasteiger charge is 2.08. The maximum atomic E-state index is 11.4. The SMILES string of the molecule is C=CCCCN(C)C(=O)CCC(C)=O. The summed E-state index contributed by atoms with van der Waals surface area (Å²) in [7, 11) is 1.77. The molecule has 0 rings (SSSR count). The fraction of sp³-hybridized carbons (Fsp3) is 0.636. The summed E-state index contributed by atoms with van der Waals surface area (Å²) >= 11 is 0. The van der Waals surface area contributed by atoms with E-state index in [1.165, 1.54) is 6.92 Å². The van der Waals surface area contributed by atoms with Crippen molar-refractivity contribution in [3.8, 4) is 0 Å². The molecule has 0 aliphatic carbocycles. The van der Waals surface area contributed by atoms with Crippen molar-refractivity contribution in [1.82, 2.24) is 4.90 Å². The third-order valence-corrected chi connectivity index (χ3v) is 2.02. The van der Waals surface area contributed by atoms with Crippen molar-refractivity contribution >= 4 is 11.7 Å². The van der Waals surface area contributed by atoms with E-state index < -0.39 is 0 Å². The van der Waals surface area contributed by atoms with Gasteiger partial charge in [0.1, 0.15) is 5.78 Å². The Morgan fingerprint density at radius 3 is 2.50 bits per heavy atom. The summed E-state index contributed by atoms with van der Waals surface area (Å²) in [4.78, 5) is 23.7. The molecule has 0 atom stereocenters. The van der Waals surface area contributed by atoms with Gasteiger partial charge in [0.05, 0.1) is 0 Å². The van der Waals surface area contributed by atoms with Gasteiger partial charge in [-0.3, -0.25) is 4.79 Å². The fourth-order valence-corrected chi connectivity index (χ4v) is 1.07. The second-order valence-corrected chi connectivity index (χ2v) is 3.45. The number of carbonyl (C=O) groups is 2.